The molecule has 1 fully saturated rings. The quantitative estimate of drug-likeness (QED) is 0.758. The van der Waals surface area contributed by atoms with Crippen molar-refractivity contribution in [3.63, 3.8) is 0 Å². The first-order valence-electron chi connectivity index (χ1n) is 7.06. The molecular weight excluding hydrogens is 244 g/mol. The van der Waals surface area contributed by atoms with E-state index in [1.807, 2.05) is 4.90 Å². The standard InChI is InChI=1S/C13H22N4O2/c1-2-14-9-10-5-7-17(8-6-10)13(19)11-3-4-12(18)16-15-11/h10,14H,2-9H2,1H3,(H,16,18). The van der Waals surface area contributed by atoms with Crippen LogP contribution in [-0.2, 0) is 9.59 Å². The largest absolute Gasteiger partial charge is 0.338 e. The number of amides is 2. The number of carbonyl (C=O) groups is 2. The molecule has 2 aliphatic heterocycles. The Morgan fingerprint density at radius 2 is 2.16 bits per heavy atom. The van der Waals surface area contributed by atoms with E-state index < -0.39 is 0 Å². The lowest BCUT2D eigenvalue weighted by atomic mass is 9.96. The zero-order valence-electron chi connectivity index (χ0n) is 11.4. The van der Waals surface area contributed by atoms with Gasteiger partial charge in [0.2, 0.25) is 5.91 Å². The molecule has 6 nitrogen and oxygen atoms in total. The summed E-state index contributed by atoms with van der Waals surface area (Å²) in [7, 11) is 0. The Morgan fingerprint density at radius 3 is 2.74 bits per heavy atom. The number of rotatable bonds is 4. The number of likely N-dealkylation sites (tertiary alicyclic amines) is 1. The van der Waals surface area contributed by atoms with Crippen molar-refractivity contribution in [1.29, 1.82) is 0 Å². The number of piperidine rings is 1. The Labute approximate surface area is 113 Å². The molecule has 2 amide bonds. The zero-order valence-corrected chi connectivity index (χ0v) is 11.4. The number of carbonyl (C=O) groups excluding carboxylic acids is 2. The second kappa shape index (κ2) is 6.65. The fourth-order valence-corrected chi connectivity index (χ4v) is 2.50. The minimum absolute atomic E-state index is 0.0121. The van der Waals surface area contributed by atoms with Gasteiger partial charge >= 0.3 is 0 Å². The summed E-state index contributed by atoms with van der Waals surface area (Å²) < 4.78 is 0. The summed E-state index contributed by atoms with van der Waals surface area (Å²) in [4.78, 5) is 25.1. The Kier molecular flexibility index (Phi) is 4.90. The van der Waals surface area contributed by atoms with E-state index in [1.165, 1.54) is 0 Å². The van der Waals surface area contributed by atoms with Crippen molar-refractivity contribution in [3.8, 4) is 0 Å². The Hall–Kier alpha value is -1.43. The van der Waals surface area contributed by atoms with Gasteiger partial charge in [-0.05, 0) is 31.8 Å². The smallest absolute Gasteiger partial charge is 0.270 e. The van der Waals surface area contributed by atoms with E-state index in [-0.39, 0.29) is 11.8 Å². The van der Waals surface area contributed by atoms with Crippen LogP contribution in [0.4, 0.5) is 0 Å². The number of hydrazone groups is 1. The summed E-state index contributed by atoms with van der Waals surface area (Å²) in [5.74, 6) is 0.541. The molecule has 2 N–H and O–H groups in total. The topological polar surface area (TPSA) is 73.8 Å². The molecule has 0 saturated carbocycles. The molecule has 0 unspecified atom stereocenters. The summed E-state index contributed by atoms with van der Waals surface area (Å²) in [6, 6.07) is 0. The van der Waals surface area contributed by atoms with Crippen molar-refractivity contribution >= 4 is 17.5 Å². The van der Waals surface area contributed by atoms with Crippen LogP contribution in [0.15, 0.2) is 5.10 Å². The van der Waals surface area contributed by atoms with Gasteiger partial charge in [-0.15, -0.1) is 0 Å². The van der Waals surface area contributed by atoms with Crippen molar-refractivity contribution in [1.82, 2.24) is 15.6 Å². The van der Waals surface area contributed by atoms with Crippen LogP contribution < -0.4 is 10.7 Å². The van der Waals surface area contributed by atoms with Gasteiger partial charge in [0.05, 0.1) is 0 Å². The number of nitrogens with one attached hydrogen (secondary N) is 2. The lowest BCUT2D eigenvalue weighted by molar-refractivity contribution is -0.125. The van der Waals surface area contributed by atoms with Crippen molar-refractivity contribution < 1.29 is 9.59 Å². The first-order valence-corrected chi connectivity index (χ1v) is 7.06. The molecule has 106 valence electrons. The van der Waals surface area contributed by atoms with Crippen LogP contribution in [0.5, 0.6) is 0 Å². The predicted molar refractivity (Wildman–Crippen MR) is 72.7 cm³/mol. The molecule has 2 heterocycles. The van der Waals surface area contributed by atoms with Gasteiger partial charge < -0.3 is 10.2 Å². The van der Waals surface area contributed by atoms with E-state index in [4.69, 9.17) is 0 Å². The predicted octanol–water partition coefficient (Wildman–Crippen LogP) is 0.101. The number of hydrogen-bond acceptors (Lipinski definition) is 4. The summed E-state index contributed by atoms with van der Waals surface area (Å²) in [6.45, 7) is 5.73. The average Bonchev–Trinajstić information content (AvgIpc) is 2.46. The highest BCUT2D eigenvalue weighted by Gasteiger charge is 2.27. The summed E-state index contributed by atoms with van der Waals surface area (Å²) >= 11 is 0. The maximum atomic E-state index is 12.2. The van der Waals surface area contributed by atoms with Crippen LogP contribution in [-0.4, -0.2) is 48.6 Å². The fraction of sp³-hybridized carbons (Fsp3) is 0.769. The monoisotopic (exact) mass is 266 g/mol. The third-order valence-corrected chi connectivity index (χ3v) is 3.74. The first kappa shape index (κ1) is 14.0. The molecule has 2 aliphatic rings. The lowest BCUT2D eigenvalue weighted by Crippen LogP contribution is -2.45. The minimum Gasteiger partial charge on any atom is -0.338 e. The molecule has 0 spiro atoms. The van der Waals surface area contributed by atoms with E-state index >= 15 is 0 Å². The molecule has 6 heteroatoms. The van der Waals surface area contributed by atoms with Crippen molar-refractivity contribution in [2.45, 2.75) is 32.6 Å². The van der Waals surface area contributed by atoms with Crippen molar-refractivity contribution in [3.05, 3.63) is 0 Å². The molecular formula is C13H22N4O2. The van der Waals surface area contributed by atoms with Gasteiger partial charge in [-0.1, -0.05) is 6.92 Å². The lowest BCUT2D eigenvalue weighted by Gasteiger charge is -2.32. The van der Waals surface area contributed by atoms with E-state index in [0.29, 0.717) is 24.5 Å². The minimum atomic E-state index is -0.110. The van der Waals surface area contributed by atoms with E-state index in [1.54, 1.807) is 0 Å². The van der Waals surface area contributed by atoms with Gasteiger partial charge in [0.15, 0.2) is 0 Å². The summed E-state index contributed by atoms with van der Waals surface area (Å²) in [5.41, 5.74) is 2.87. The average molecular weight is 266 g/mol. The van der Waals surface area contributed by atoms with E-state index in [0.717, 1.165) is 39.0 Å². The second-order valence-corrected chi connectivity index (χ2v) is 5.14. The SMILES string of the molecule is CCNCC1CCN(C(=O)C2=NNC(=O)CC2)CC1. The molecule has 0 radical (unpaired) electrons. The van der Waals surface area contributed by atoms with Gasteiger partial charge in [0, 0.05) is 25.9 Å². The molecule has 0 aliphatic carbocycles. The van der Waals surface area contributed by atoms with Gasteiger partial charge in [-0.3, -0.25) is 9.59 Å². The maximum Gasteiger partial charge on any atom is 0.270 e. The van der Waals surface area contributed by atoms with Crippen LogP contribution in [0.25, 0.3) is 0 Å². The summed E-state index contributed by atoms with van der Waals surface area (Å²) in [6.07, 6.45) is 2.90. The second-order valence-electron chi connectivity index (χ2n) is 5.14. The van der Waals surface area contributed by atoms with Crippen LogP contribution in [0, 0.1) is 5.92 Å². The molecule has 2 rings (SSSR count). The molecule has 0 aromatic rings. The number of nitrogens with zero attached hydrogens (tertiary/aromatic N) is 2. The van der Waals surface area contributed by atoms with Gasteiger partial charge in [0.25, 0.3) is 5.91 Å². The third-order valence-electron chi connectivity index (χ3n) is 3.74. The first-order chi connectivity index (χ1) is 9.20. The van der Waals surface area contributed by atoms with E-state index in [2.05, 4.69) is 22.8 Å². The van der Waals surface area contributed by atoms with E-state index in [9.17, 15) is 9.59 Å². The fourth-order valence-electron chi connectivity index (χ4n) is 2.50. The normalized spacial score (nSPS) is 21.0. The molecule has 0 aromatic carbocycles. The van der Waals surface area contributed by atoms with Gasteiger partial charge in [-0.25, -0.2) is 5.43 Å². The zero-order chi connectivity index (χ0) is 13.7. The maximum absolute atomic E-state index is 12.2. The van der Waals surface area contributed by atoms with Gasteiger partial charge in [-0.2, -0.15) is 5.10 Å². The molecule has 0 atom stereocenters. The Morgan fingerprint density at radius 1 is 1.42 bits per heavy atom. The van der Waals surface area contributed by atoms with Crippen LogP contribution in [0.2, 0.25) is 0 Å². The van der Waals surface area contributed by atoms with Crippen molar-refractivity contribution in [2.75, 3.05) is 26.2 Å². The van der Waals surface area contributed by atoms with Crippen LogP contribution in [0.1, 0.15) is 32.6 Å². The third kappa shape index (κ3) is 3.76. The molecule has 19 heavy (non-hydrogen) atoms. The summed E-state index contributed by atoms with van der Waals surface area (Å²) in [5, 5.41) is 7.22. The highest BCUT2D eigenvalue weighted by atomic mass is 16.2. The van der Waals surface area contributed by atoms with Crippen LogP contribution >= 0.6 is 0 Å². The number of hydrogen-bond donors (Lipinski definition) is 2. The molecule has 0 aromatic heterocycles. The Bertz CT molecular complexity index is 373. The highest BCUT2D eigenvalue weighted by Crippen LogP contribution is 2.17. The highest BCUT2D eigenvalue weighted by molar-refractivity contribution is 6.39. The van der Waals surface area contributed by atoms with Crippen molar-refractivity contribution in [2.24, 2.45) is 11.0 Å². The van der Waals surface area contributed by atoms with Crippen LogP contribution in [0.3, 0.4) is 0 Å². The Balaban J connectivity index is 1.81. The van der Waals surface area contributed by atoms with Gasteiger partial charge in [0.1, 0.15) is 5.71 Å². The molecule has 0 bridgehead atoms. The molecule has 1 saturated heterocycles.